The van der Waals surface area contributed by atoms with Crippen LogP contribution in [0.15, 0.2) is 42.5 Å². The third kappa shape index (κ3) is 4.41. The molecule has 5 saturated carbocycles. The Hall–Kier alpha value is -2.14. The van der Waals surface area contributed by atoms with E-state index in [-0.39, 0.29) is 39.7 Å². The number of hydrogen-bond donors (Lipinski definition) is 2. The van der Waals surface area contributed by atoms with Crippen molar-refractivity contribution in [3.63, 3.8) is 0 Å². The molecule has 0 radical (unpaired) electrons. The van der Waals surface area contributed by atoms with Crippen LogP contribution < -0.4 is 5.73 Å². The summed E-state index contributed by atoms with van der Waals surface area (Å²) in [6.07, 6.45) is 10.5. The maximum atomic E-state index is 13.3. The van der Waals surface area contributed by atoms with Gasteiger partial charge in [0.1, 0.15) is 12.1 Å². The predicted octanol–water partition coefficient (Wildman–Crippen LogP) is 8.21. The van der Waals surface area contributed by atoms with Crippen molar-refractivity contribution >= 4 is 11.9 Å². The number of carbonyl (C=O) groups is 2. The van der Waals surface area contributed by atoms with E-state index in [1.165, 1.54) is 12.0 Å². The smallest absolute Gasteiger partial charge is 0.323 e. The maximum absolute atomic E-state index is 13.3. The Labute approximate surface area is 265 Å². The zero-order valence-corrected chi connectivity index (χ0v) is 28.2. The Kier molecular flexibility index (Phi) is 7.75. The van der Waals surface area contributed by atoms with Gasteiger partial charge in [-0.3, -0.25) is 9.59 Å². The average molecular weight is 604 g/mol. The Morgan fingerprint density at radius 1 is 0.909 bits per heavy atom. The molecular weight excluding hydrogens is 546 g/mol. The van der Waals surface area contributed by atoms with E-state index in [1.807, 2.05) is 30.3 Å². The molecule has 0 aliphatic heterocycles. The highest BCUT2D eigenvalue weighted by Gasteiger charge is 2.72. The monoisotopic (exact) mass is 603 g/mol. The molecule has 0 amide bonds. The van der Waals surface area contributed by atoms with E-state index in [1.54, 1.807) is 0 Å². The summed E-state index contributed by atoms with van der Waals surface area (Å²) < 4.78 is 6.29. The molecule has 1 aromatic rings. The molecule has 0 heterocycles. The number of fused-ring (bicyclic) bond motifs is 7. The number of carbonyl (C=O) groups excluding carboxylic acids is 1. The average Bonchev–Trinajstić information content (AvgIpc) is 3.37. The van der Waals surface area contributed by atoms with Crippen LogP contribution in [-0.2, 0) is 20.7 Å². The number of benzene rings is 1. The fourth-order valence-electron chi connectivity index (χ4n) is 12.9. The summed E-state index contributed by atoms with van der Waals surface area (Å²) in [7, 11) is 0. The molecule has 5 aliphatic carbocycles. The summed E-state index contributed by atoms with van der Waals surface area (Å²) in [6.45, 7) is 18.9. The summed E-state index contributed by atoms with van der Waals surface area (Å²) in [4.78, 5) is 26.2. The van der Waals surface area contributed by atoms with Crippen LogP contribution in [0.1, 0.15) is 111 Å². The van der Waals surface area contributed by atoms with E-state index in [0.29, 0.717) is 30.1 Å². The predicted molar refractivity (Wildman–Crippen MR) is 175 cm³/mol. The SMILES string of the molecule is C=C(C)[C@@H]1CC[C@]2(C(=O)O)CC[C@]3(C)C(CCC4[C@@]5(C)CC[C@H](OC(=O)C(N)Cc6ccccc6)C(C)(C)C5CC[C@]43C)C12. The summed E-state index contributed by atoms with van der Waals surface area (Å²) in [5, 5.41) is 10.6. The van der Waals surface area contributed by atoms with E-state index in [2.05, 4.69) is 48.1 Å². The van der Waals surface area contributed by atoms with E-state index in [0.717, 1.165) is 63.4 Å². The van der Waals surface area contributed by atoms with Crippen molar-refractivity contribution in [3.8, 4) is 0 Å². The molecule has 11 atom stereocenters. The lowest BCUT2D eigenvalue weighted by Crippen LogP contribution is -2.67. The van der Waals surface area contributed by atoms with Crippen LogP contribution >= 0.6 is 0 Å². The van der Waals surface area contributed by atoms with Gasteiger partial charge in [0.25, 0.3) is 0 Å². The molecule has 0 aromatic heterocycles. The molecule has 5 aliphatic rings. The van der Waals surface area contributed by atoms with Gasteiger partial charge in [0.15, 0.2) is 0 Å². The molecule has 1 aromatic carbocycles. The molecule has 0 bridgehead atoms. The molecule has 0 saturated heterocycles. The van der Waals surface area contributed by atoms with Gasteiger partial charge in [-0.15, -0.1) is 0 Å². The summed E-state index contributed by atoms with van der Waals surface area (Å²) >= 11 is 0. The molecule has 5 nitrogen and oxygen atoms in total. The van der Waals surface area contributed by atoms with Crippen LogP contribution in [0.5, 0.6) is 0 Å². The number of allylic oxidation sites excluding steroid dienone is 1. The topological polar surface area (TPSA) is 89.6 Å². The van der Waals surface area contributed by atoms with Gasteiger partial charge in [-0.05, 0) is 129 Å². The van der Waals surface area contributed by atoms with Gasteiger partial charge in [-0.1, -0.05) is 77.1 Å². The minimum absolute atomic E-state index is 0.114. The Morgan fingerprint density at radius 2 is 1.61 bits per heavy atom. The van der Waals surface area contributed by atoms with Crippen molar-refractivity contribution in [3.05, 3.63) is 48.0 Å². The number of esters is 1. The van der Waals surface area contributed by atoms with Crippen molar-refractivity contribution in [2.75, 3.05) is 0 Å². The molecule has 44 heavy (non-hydrogen) atoms. The van der Waals surface area contributed by atoms with Crippen LogP contribution in [0.4, 0.5) is 0 Å². The van der Waals surface area contributed by atoms with Crippen LogP contribution in [0.25, 0.3) is 0 Å². The summed E-state index contributed by atoms with van der Waals surface area (Å²) in [5.74, 6) is 1.14. The number of nitrogens with two attached hydrogens (primary N) is 1. The quantitative estimate of drug-likeness (QED) is 0.253. The van der Waals surface area contributed by atoms with E-state index in [9.17, 15) is 14.7 Å². The third-order valence-electron chi connectivity index (χ3n) is 15.3. The van der Waals surface area contributed by atoms with E-state index < -0.39 is 17.4 Å². The fraction of sp³-hybridized carbons (Fsp3) is 0.744. The van der Waals surface area contributed by atoms with Gasteiger partial charge in [-0.2, -0.15) is 0 Å². The fourth-order valence-corrected chi connectivity index (χ4v) is 12.9. The first-order valence-corrected chi connectivity index (χ1v) is 17.5. The van der Waals surface area contributed by atoms with Crippen LogP contribution in [0.3, 0.4) is 0 Å². The van der Waals surface area contributed by atoms with Gasteiger partial charge in [0.05, 0.1) is 5.41 Å². The lowest BCUT2D eigenvalue weighted by molar-refractivity contribution is -0.250. The first-order chi connectivity index (χ1) is 20.6. The standard InChI is InChI=1S/C39H57NO4/c1-24(2)26-15-20-39(34(42)43)22-21-37(6)27(32(26)39)13-14-30-36(5)18-17-31(35(3,4)29(36)16-19-38(30,37)7)44-33(41)28(40)23-25-11-9-8-10-12-25/h8-12,26-32H,1,13-23,40H2,2-7H3,(H,42,43)/t26-,27?,28?,29?,30?,31-,32?,36-,37+,38+,39-/m0/s1. The normalized spacial score (nSPS) is 44.7. The molecule has 242 valence electrons. The third-order valence-corrected chi connectivity index (χ3v) is 15.3. The van der Waals surface area contributed by atoms with Crippen molar-refractivity contribution < 1.29 is 19.4 Å². The minimum atomic E-state index is -0.658. The lowest BCUT2D eigenvalue weighted by Gasteiger charge is -2.72. The van der Waals surface area contributed by atoms with Gasteiger partial charge < -0.3 is 15.6 Å². The molecular formula is C39H57NO4. The minimum Gasteiger partial charge on any atom is -0.481 e. The summed E-state index contributed by atoms with van der Waals surface area (Å²) in [6, 6.07) is 9.29. The second-order valence-electron chi connectivity index (χ2n) is 17.2. The molecule has 5 heteroatoms. The van der Waals surface area contributed by atoms with E-state index >= 15 is 0 Å². The van der Waals surface area contributed by atoms with Gasteiger partial charge in [-0.25, -0.2) is 0 Å². The molecule has 6 rings (SSSR count). The number of carboxylic acid groups (broad SMARTS) is 1. The Morgan fingerprint density at radius 3 is 2.27 bits per heavy atom. The number of ether oxygens (including phenoxy) is 1. The number of rotatable bonds is 6. The molecule has 0 spiro atoms. The highest BCUT2D eigenvalue weighted by molar-refractivity contribution is 5.76. The highest BCUT2D eigenvalue weighted by Crippen LogP contribution is 2.77. The summed E-state index contributed by atoms with van der Waals surface area (Å²) in [5.41, 5.74) is 8.32. The van der Waals surface area contributed by atoms with Crippen molar-refractivity contribution in [1.82, 2.24) is 0 Å². The van der Waals surface area contributed by atoms with Crippen molar-refractivity contribution in [2.24, 2.45) is 62.4 Å². The maximum Gasteiger partial charge on any atom is 0.323 e. The first-order valence-electron chi connectivity index (χ1n) is 17.5. The molecule has 5 unspecified atom stereocenters. The molecule has 3 N–H and O–H groups in total. The van der Waals surface area contributed by atoms with Gasteiger partial charge >= 0.3 is 11.9 Å². The number of aliphatic carboxylic acids is 1. The van der Waals surface area contributed by atoms with Crippen LogP contribution in [0.2, 0.25) is 0 Å². The van der Waals surface area contributed by atoms with Gasteiger partial charge in [0, 0.05) is 5.41 Å². The second-order valence-corrected chi connectivity index (χ2v) is 17.2. The number of carboxylic acids is 1. The Bertz CT molecular complexity index is 1310. The van der Waals surface area contributed by atoms with E-state index in [4.69, 9.17) is 10.5 Å². The van der Waals surface area contributed by atoms with Crippen LogP contribution in [-0.4, -0.2) is 29.2 Å². The first kappa shape index (κ1) is 31.8. The molecule has 5 fully saturated rings. The van der Waals surface area contributed by atoms with Crippen molar-refractivity contribution in [2.45, 2.75) is 124 Å². The zero-order valence-electron chi connectivity index (χ0n) is 28.2. The zero-order chi connectivity index (χ0) is 31.9. The van der Waals surface area contributed by atoms with Crippen LogP contribution in [0, 0.1) is 56.7 Å². The number of hydrogen-bond acceptors (Lipinski definition) is 4. The highest BCUT2D eigenvalue weighted by atomic mass is 16.5. The van der Waals surface area contributed by atoms with Gasteiger partial charge in [0.2, 0.25) is 0 Å². The Balaban J connectivity index is 1.24. The second kappa shape index (κ2) is 10.7. The largest absolute Gasteiger partial charge is 0.481 e. The lowest BCUT2D eigenvalue weighted by atomic mass is 9.32. The van der Waals surface area contributed by atoms with Crippen molar-refractivity contribution in [1.29, 1.82) is 0 Å².